The van der Waals surface area contributed by atoms with Crippen LogP contribution in [0, 0.1) is 33.6 Å². The van der Waals surface area contributed by atoms with Gasteiger partial charge in [0.2, 0.25) is 0 Å². The Morgan fingerprint density at radius 3 is 1.71 bits per heavy atom. The molecule has 0 aliphatic heterocycles. The molecule has 1 nitrogen and oxygen atoms in total. The van der Waals surface area contributed by atoms with E-state index in [9.17, 15) is 0 Å². The zero-order valence-electron chi connectivity index (χ0n) is 10.2. The molecule has 1 aromatic heterocycles. The topological polar surface area (TPSA) is 12.9 Å². The number of hydrogen-bond acceptors (Lipinski definition) is 1. The monoisotopic (exact) mass is 191 g/mol. The van der Waals surface area contributed by atoms with Crippen LogP contribution in [0.15, 0.2) is 0 Å². The fraction of sp³-hybridized carbons (Fsp3) is 0.615. The van der Waals surface area contributed by atoms with E-state index in [1.165, 1.54) is 34.5 Å². The first kappa shape index (κ1) is 11.2. The Balaban J connectivity index is 3.25. The van der Waals surface area contributed by atoms with Crippen LogP contribution in [0.3, 0.4) is 0 Å². The summed E-state index contributed by atoms with van der Waals surface area (Å²) in [7, 11) is 0. The SMILES string of the molecule is Cc1nc(C)c(C)c(CC(C)C)c1C. The molecular formula is C13H21N. The highest BCUT2D eigenvalue weighted by molar-refractivity contribution is 5.38. The Morgan fingerprint density at radius 1 is 0.929 bits per heavy atom. The van der Waals surface area contributed by atoms with Crippen molar-refractivity contribution in [1.82, 2.24) is 4.98 Å². The first-order chi connectivity index (χ1) is 6.43. The van der Waals surface area contributed by atoms with E-state index in [1.807, 2.05) is 0 Å². The minimum atomic E-state index is 0.716. The van der Waals surface area contributed by atoms with Gasteiger partial charge in [-0.2, -0.15) is 0 Å². The fourth-order valence-corrected chi connectivity index (χ4v) is 1.85. The zero-order valence-corrected chi connectivity index (χ0v) is 10.2. The highest BCUT2D eigenvalue weighted by Crippen LogP contribution is 2.21. The maximum atomic E-state index is 4.54. The van der Waals surface area contributed by atoms with Gasteiger partial charge < -0.3 is 0 Å². The van der Waals surface area contributed by atoms with Gasteiger partial charge in [-0.25, -0.2) is 0 Å². The average Bonchev–Trinajstić information content (AvgIpc) is 2.09. The van der Waals surface area contributed by atoms with Crippen LogP contribution in [-0.4, -0.2) is 4.98 Å². The van der Waals surface area contributed by atoms with Gasteiger partial charge in [-0.05, 0) is 56.7 Å². The maximum Gasteiger partial charge on any atom is 0.0407 e. The molecule has 78 valence electrons. The van der Waals surface area contributed by atoms with Gasteiger partial charge in [-0.1, -0.05) is 13.8 Å². The summed E-state index contributed by atoms with van der Waals surface area (Å²) >= 11 is 0. The molecule has 1 rings (SSSR count). The van der Waals surface area contributed by atoms with E-state index in [4.69, 9.17) is 0 Å². The zero-order chi connectivity index (χ0) is 10.9. The third-order valence-corrected chi connectivity index (χ3v) is 2.94. The molecule has 0 aliphatic rings. The van der Waals surface area contributed by atoms with Crippen molar-refractivity contribution in [3.8, 4) is 0 Å². The van der Waals surface area contributed by atoms with E-state index >= 15 is 0 Å². The molecular weight excluding hydrogens is 170 g/mol. The summed E-state index contributed by atoms with van der Waals surface area (Å²) in [6.45, 7) is 13.1. The van der Waals surface area contributed by atoms with E-state index in [2.05, 4.69) is 46.5 Å². The van der Waals surface area contributed by atoms with Gasteiger partial charge in [0.25, 0.3) is 0 Å². The normalized spacial score (nSPS) is 11.1. The lowest BCUT2D eigenvalue weighted by molar-refractivity contribution is 0.640. The Labute approximate surface area is 87.6 Å². The molecule has 14 heavy (non-hydrogen) atoms. The van der Waals surface area contributed by atoms with Crippen LogP contribution < -0.4 is 0 Å². The predicted molar refractivity (Wildman–Crippen MR) is 61.7 cm³/mol. The van der Waals surface area contributed by atoms with Crippen molar-refractivity contribution in [1.29, 1.82) is 0 Å². The fourth-order valence-electron chi connectivity index (χ4n) is 1.85. The number of hydrogen-bond donors (Lipinski definition) is 0. The van der Waals surface area contributed by atoms with E-state index in [-0.39, 0.29) is 0 Å². The van der Waals surface area contributed by atoms with Crippen molar-refractivity contribution in [2.45, 2.75) is 48.0 Å². The van der Waals surface area contributed by atoms with Gasteiger partial charge in [0.05, 0.1) is 0 Å². The third-order valence-electron chi connectivity index (χ3n) is 2.94. The minimum absolute atomic E-state index is 0.716. The Bertz CT molecular complexity index is 311. The van der Waals surface area contributed by atoms with Crippen LogP contribution in [-0.2, 0) is 6.42 Å². The first-order valence-corrected chi connectivity index (χ1v) is 5.36. The van der Waals surface area contributed by atoms with Crippen molar-refractivity contribution in [3.05, 3.63) is 28.1 Å². The molecule has 0 bridgehead atoms. The molecule has 1 heteroatoms. The molecule has 0 spiro atoms. The van der Waals surface area contributed by atoms with Gasteiger partial charge in [0.1, 0.15) is 0 Å². The minimum Gasteiger partial charge on any atom is -0.258 e. The molecule has 1 heterocycles. The summed E-state index contributed by atoms with van der Waals surface area (Å²) in [6.07, 6.45) is 1.17. The summed E-state index contributed by atoms with van der Waals surface area (Å²) in [5.74, 6) is 0.716. The van der Waals surface area contributed by atoms with Gasteiger partial charge in [0.15, 0.2) is 0 Å². The average molecular weight is 191 g/mol. The summed E-state index contributed by atoms with van der Waals surface area (Å²) in [5.41, 5.74) is 6.63. The Morgan fingerprint density at radius 2 is 1.36 bits per heavy atom. The lowest BCUT2D eigenvalue weighted by atomic mass is 9.93. The molecule has 0 fully saturated rings. The second kappa shape index (κ2) is 4.12. The smallest absolute Gasteiger partial charge is 0.0407 e. The molecule has 0 saturated heterocycles. The van der Waals surface area contributed by atoms with Crippen LogP contribution in [0.2, 0.25) is 0 Å². The van der Waals surface area contributed by atoms with E-state index in [1.54, 1.807) is 0 Å². The van der Waals surface area contributed by atoms with Crippen molar-refractivity contribution in [3.63, 3.8) is 0 Å². The lowest BCUT2D eigenvalue weighted by Crippen LogP contribution is -2.05. The third kappa shape index (κ3) is 2.14. The molecule has 0 aromatic carbocycles. The summed E-state index contributed by atoms with van der Waals surface area (Å²) in [5, 5.41) is 0. The van der Waals surface area contributed by atoms with Crippen LogP contribution in [0.25, 0.3) is 0 Å². The van der Waals surface area contributed by atoms with Gasteiger partial charge in [0, 0.05) is 11.4 Å². The van der Waals surface area contributed by atoms with Crippen molar-refractivity contribution in [2.75, 3.05) is 0 Å². The van der Waals surface area contributed by atoms with Crippen molar-refractivity contribution >= 4 is 0 Å². The molecule has 0 atom stereocenters. The Kier molecular flexibility index (Phi) is 3.30. The summed E-state index contributed by atoms with van der Waals surface area (Å²) < 4.78 is 0. The van der Waals surface area contributed by atoms with Crippen molar-refractivity contribution < 1.29 is 0 Å². The van der Waals surface area contributed by atoms with Crippen LogP contribution in [0.5, 0.6) is 0 Å². The lowest BCUT2D eigenvalue weighted by Gasteiger charge is -2.15. The second-order valence-corrected chi connectivity index (χ2v) is 4.61. The standard InChI is InChI=1S/C13H21N/c1-8(2)7-13-9(3)11(5)14-12(6)10(13)4/h8H,7H2,1-6H3. The number of aromatic nitrogens is 1. The molecule has 0 saturated carbocycles. The van der Waals surface area contributed by atoms with E-state index in [0.717, 1.165) is 0 Å². The quantitative estimate of drug-likeness (QED) is 0.697. The number of rotatable bonds is 2. The summed E-state index contributed by atoms with van der Waals surface area (Å²) in [4.78, 5) is 4.54. The second-order valence-electron chi connectivity index (χ2n) is 4.61. The number of pyridine rings is 1. The van der Waals surface area contributed by atoms with Crippen LogP contribution >= 0.6 is 0 Å². The molecule has 0 amide bonds. The number of aryl methyl sites for hydroxylation is 2. The van der Waals surface area contributed by atoms with Gasteiger partial charge in [-0.15, -0.1) is 0 Å². The largest absolute Gasteiger partial charge is 0.258 e. The van der Waals surface area contributed by atoms with Gasteiger partial charge in [-0.3, -0.25) is 4.98 Å². The van der Waals surface area contributed by atoms with E-state index < -0.39 is 0 Å². The summed E-state index contributed by atoms with van der Waals surface area (Å²) in [6, 6.07) is 0. The van der Waals surface area contributed by atoms with Crippen molar-refractivity contribution in [2.24, 2.45) is 5.92 Å². The van der Waals surface area contributed by atoms with Crippen LogP contribution in [0.4, 0.5) is 0 Å². The molecule has 0 aliphatic carbocycles. The Hall–Kier alpha value is -0.850. The molecule has 1 aromatic rings. The predicted octanol–water partition coefficient (Wildman–Crippen LogP) is 3.51. The highest BCUT2D eigenvalue weighted by Gasteiger charge is 2.10. The molecule has 0 unspecified atom stereocenters. The van der Waals surface area contributed by atoms with Crippen LogP contribution in [0.1, 0.15) is 41.9 Å². The molecule has 0 N–H and O–H groups in total. The first-order valence-electron chi connectivity index (χ1n) is 5.36. The maximum absolute atomic E-state index is 4.54. The highest BCUT2D eigenvalue weighted by atomic mass is 14.7. The van der Waals surface area contributed by atoms with E-state index in [0.29, 0.717) is 5.92 Å². The van der Waals surface area contributed by atoms with Gasteiger partial charge >= 0.3 is 0 Å². The molecule has 0 radical (unpaired) electrons. The number of nitrogens with zero attached hydrogens (tertiary/aromatic N) is 1.